The van der Waals surface area contributed by atoms with E-state index in [1.54, 1.807) is 0 Å². The van der Waals surface area contributed by atoms with Gasteiger partial charge >= 0.3 is 5.97 Å². The Balaban J connectivity index is 1.20. The average Bonchev–Trinajstić information content (AvgIpc) is 2.70. The van der Waals surface area contributed by atoms with Gasteiger partial charge in [0.05, 0.1) is 0 Å². The zero-order valence-corrected chi connectivity index (χ0v) is 16.8. The van der Waals surface area contributed by atoms with Crippen LogP contribution in [0.25, 0.3) is 0 Å². The van der Waals surface area contributed by atoms with E-state index in [0.717, 1.165) is 19.3 Å². The summed E-state index contributed by atoms with van der Waals surface area (Å²) in [7, 11) is 0. The van der Waals surface area contributed by atoms with Gasteiger partial charge in [0, 0.05) is 16.7 Å². The predicted octanol–water partition coefficient (Wildman–Crippen LogP) is 1.60. The number of rotatable bonds is 7. The Hall–Kier alpha value is -2.90. The standard InChI is InChI=1S/C22H27N3O5/c23-20(28)16-1-3-17(4-2-16)25-18(26)12-30-19(27)11-24-21(29)22-8-13-5-14(9-22)7-15(6-13)10-22/h1-4,13-15H,5-12H2,(H2,23,28)(H,24,29)(H,25,26). The van der Waals surface area contributed by atoms with E-state index in [-0.39, 0.29) is 17.9 Å². The number of hydrogen-bond acceptors (Lipinski definition) is 5. The van der Waals surface area contributed by atoms with Crippen molar-refractivity contribution in [3.8, 4) is 0 Å². The van der Waals surface area contributed by atoms with E-state index in [1.807, 2.05) is 0 Å². The van der Waals surface area contributed by atoms with E-state index in [2.05, 4.69) is 10.6 Å². The number of nitrogens with two attached hydrogens (primary N) is 1. The minimum atomic E-state index is -0.646. The Labute approximate surface area is 174 Å². The van der Waals surface area contributed by atoms with Crippen molar-refractivity contribution in [2.24, 2.45) is 28.9 Å². The van der Waals surface area contributed by atoms with Gasteiger partial charge in [-0.25, -0.2) is 0 Å². The van der Waals surface area contributed by atoms with Crippen LogP contribution < -0.4 is 16.4 Å². The number of primary amides is 1. The smallest absolute Gasteiger partial charge is 0.325 e. The van der Waals surface area contributed by atoms with Crippen molar-refractivity contribution in [3.63, 3.8) is 0 Å². The van der Waals surface area contributed by atoms with Crippen LogP contribution in [0.5, 0.6) is 0 Å². The normalized spacial score (nSPS) is 28.6. The fourth-order valence-electron chi connectivity index (χ4n) is 5.84. The summed E-state index contributed by atoms with van der Waals surface area (Å²) in [5, 5.41) is 5.30. The van der Waals surface area contributed by atoms with Crippen molar-refractivity contribution in [2.75, 3.05) is 18.5 Å². The molecule has 0 heterocycles. The molecule has 0 radical (unpaired) electrons. The second-order valence-corrected chi connectivity index (χ2v) is 9.03. The van der Waals surface area contributed by atoms with Crippen LogP contribution in [0.15, 0.2) is 24.3 Å². The van der Waals surface area contributed by atoms with Crippen molar-refractivity contribution in [1.82, 2.24) is 5.32 Å². The molecule has 8 nitrogen and oxygen atoms in total. The molecule has 0 spiro atoms. The third-order valence-electron chi connectivity index (χ3n) is 6.73. The lowest BCUT2D eigenvalue weighted by Gasteiger charge is -2.55. The quantitative estimate of drug-likeness (QED) is 0.585. The molecule has 1 aromatic carbocycles. The largest absolute Gasteiger partial charge is 0.454 e. The molecular formula is C22H27N3O5. The maximum absolute atomic E-state index is 12.8. The van der Waals surface area contributed by atoms with Crippen LogP contribution in [0.2, 0.25) is 0 Å². The van der Waals surface area contributed by atoms with E-state index in [9.17, 15) is 19.2 Å². The number of benzene rings is 1. The van der Waals surface area contributed by atoms with Gasteiger partial charge in [-0.05, 0) is 80.5 Å². The Kier molecular flexibility index (Phi) is 5.49. The number of carbonyl (C=O) groups is 4. The van der Waals surface area contributed by atoms with Crippen LogP contribution in [0.3, 0.4) is 0 Å². The summed E-state index contributed by atoms with van der Waals surface area (Å²) >= 11 is 0. The molecule has 0 unspecified atom stereocenters. The molecule has 1 aromatic rings. The summed E-state index contributed by atoms with van der Waals surface area (Å²) in [5.41, 5.74) is 5.63. The van der Waals surface area contributed by atoms with Crippen molar-refractivity contribution in [3.05, 3.63) is 29.8 Å². The third kappa shape index (κ3) is 4.32. The second kappa shape index (κ2) is 8.08. The van der Waals surface area contributed by atoms with Crippen LogP contribution >= 0.6 is 0 Å². The summed E-state index contributed by atoms with van der Waals surface area (Å²) in [6.45, 7) is -0.690. The lowest BCUT2D eigenvalue weighted by atomic mass is 9.49. The lowest BCUT2D eigenvalue weighted by Crippen LogP contribution is -2.54. The Morgan fingerprint density at radius 3 is 2.07 bits per heavy atom. The summed E-state index contributed by atoms with van der Waals surface area (Å²) in [5.74, 6) is 0.184. The molecule has 4 N–H and O–H groups in total. The number of carbonyl (C=O) groups excluding carboxylic acids is 4. The SMILES string of the molecule is NC(=O)c1ccc(NC(=O)COC(=O)CNC(=O)C23CC4CC(CC(C4)C2)C3)cc1. The number of hydrogen-bond donors (Lipinski definition) is 3. The summed E-state index contributed by atoms with van der Waals surface area (Å²) < 4.78 is 4.97. The van der Waals surface area contributed by atoms with Crippen LogP contribution in [0, 0.1) is 23.2 Å². The third-order valence-corrected chi connectivity index (χ3v) is 6.73. The number of esters is 1. The van der Waals surface area contributed by atoms with Crippen molar-refractivity contribution < 1.29 is 23.9 Å². The van der Waals surface area contributed by atoms with E-state index in [0.29, 0.717) is 29.0 Å². The zero-order chi connectivity index (χ0) is 21.3. The van der Waals surface area contributed by atoms with Gasteiger partial charge in [0.25, 0.3) is 5.91 Å². The van der Waals surface area contributed by atoms with E-state index >= 15 is 0 Å². The molecular weight excluding hydrogens is 386 g/mol. The van der Waals surface area contributed by atoms with Crippen molar-refractivity contribution >= 4 is 29.4 Å². The molecule has 160 valence electrons. The molecule has 0 aromatic heterocycles. The topological polar surface area (TPSA) is 128 Å². The number of amides is 3. The van der Waals surface area contributed by atoms with E-state index in [4.69, 9.17) is 10.5 Å². The molecule has 30 heavy (non-hydrogen) atoms. The van der Waals surface area contributed by atoms with Gasteiger partial charge in [0.1, 0.15) is 6.54 Å². The molecule has 4 saturated carbocycles. The van der Waals surface area contributed by atoms with Crippen LogP contribution in [0.4, 0.5) is 5.69 Å². The van der Waals surface area contributed by atoms with Crippen molar-refractivity contribution in [1.29, 1.82) is 0 Å². The van der Waals surface area contributed by atoms with E-state index < -0.39 is 24.4 Å². The molecule has 0 saturated heterocycles. The monoisotopic (exact) mass is 413 g/mol. The average molecular weight is 413 g/mol. The number of nitrogens with one attached hydrogen (secondary N) is 2. The molecule has 5 rings (SSSR count). The first-order valence-electron chi connectivity index (χ1n) is 10.5. The van der Waals surface area contributed by atoms with Gasteiger partial charge in [-0.15, -0.1) is 0 Å². The highest BCUT2D eigenvalue weighted by Gasteiger charge is 2.54. The van der Waals surface area contributed by atoms with Gasteiger partial charge in [-0.1, -0.05) is 0 Å². The maximum Gasteiger partial charge on any atom is 0.325 e. The first-order chi connectivity index (χ1) is 14.3. The van der Waals surface area contributed by atoms with Crippen LogP contribution in [-0.2, 0) is 19.1 Å². The highest BCUT2D eigenvalue weighted by Crippen LogP contribution is 2.60. The fourth-order valence-corrected chi connectivity index (χ4v) is 5.84. The highest BCUT2D eigenvalue weighted by molar-refractivity contribution is 5.95. The molecule has 3 amide bonds. The number of ether oxygens (including phenoxy) is 1. The van der Waals surface area contributed by atoms with E-state index in [1.165, 1.54) is 43.5 Å². The van der Waals surface area contributed by atoms with Gasteiger partial charge < -0.3 is 21.1 Å². The molecule has 4 bridgehead atoms. The second-order valence-electron chi connectivity index (χ2n) is 9.03. The first kappa shape index (κ1) is 20.4. The van der Waals surface area contributed by atoms with Crippen LogP contribution in [0.1, 0.15) is 48.9 Å². The van der Waals surface area contributed by atoms with Gasteiger partial charge in [-0.3, -0.25) is 19.2 Å². The molecule has 4 aliphatic carbocycles. The highest BCUT2D eigenvalue weighted by atomic mass is 16.5. The molecule has 4 fully saturated rings. The van der Waals surface area contributed by atoms with Crippen molar-refractivity contribution in [2.45, 2.75) is 38.5 Å². The maximum atomic E-state index is 12.8. The minimum absolute atomic E-state index is 0.0439. The van der Waals surface area contributed by atoms with Gasteiger partial charge in [0.15, 0.2) is 6.61 Å². The Bertz CT molecular complexity index is 829. The molecule has 0 atom stereocenters. The minimum Gasteiger partial charge on any atom is -0.454 e. The summed E-state index contributed by atoms with van der Waals surface area (Å²) in [6.07, 6.45) is 6.52. The lowest BCUT2D eigenvalue weighted by molar-refractivity contribution is -0.152. The summed E-state index contributed by atoms with van der Waals surface area (Å²) in [4.78, 5) is 47.8. The zero-order valence-electron chi connectivity index (χ0n) is 16.8. The Morgan fingerprint density at radius 2 is 1.53 bits per heavy atom. The molecule has 8 heteroatoms. The molecule has 0 aliphatic heterocycles. The Morgan fingerprint density at radius 1 is 0.967 bits per heavy atom. The first-order valence-corrected chi connectivity index (χ1v) is 10.5. The van der Waals surface area contributed by atoms with Gasteiger partial charge in [-0.2, -0.15) is 0 Å². The van der Waals surface area contributed by atoms with Crippen LogP contribution in [-0.4, -0.2) is 36.8 Å². The predicted molar refractivity (Wildman–Crippen MR) is 108 cm³/mol. The number of anilines is 1. The summed E-state index contributed by atoms with van der Waals surface area (Å²) in [6, 6.07) is 6.05. The fraction of sp³-hybridized carbons (Fsp3) is 0.545. The molecule has 4 aliphatic rings. The van der Waals surface area contributed by atoms with Gasteiger partial charge in [0.2, 0.25) is 11.8 Å².